The Kier molecular flexibility index (Phi) is 6.36. The van der Waals surface area contributed by atoms with Crippen LogP contribution in [-0.4, -0.2) is 37.7 Å². The van der Waals surface area contributed by atoms with Crippen LogP contribution in [0.25, 0.3) is 0 Å². The maximum Gasteiger partial charge on any atom is 0.238 e. The lowest BCUT2D eigenvalue weighted by molar-refractivity contribution is -0.128. The molecule has 1 rings (SSSR count). The normalized spacial score (nSPS) is 13.3. The van der Waals surface area contributed by atoms with Gasteiger partial charge >= 0.3 is 0 Å². The standard InChI is InChI=1S/C18H30N2O3S/c1-17(2,3)16(21)13-20(18(4,5)6)12-11-14-7-9-15(10-8-14)24(19,22)23/h7-10H,11-13H2,1-6H3,(H2,19,22,23). The van der Waals surface area contributed by atoms with Gasteiger partial charge in [-0.2, -0.15) is 0 Å². The molecule has 1 aromatic rings. The van der Waals surface area contributed by atoms with E-state index in [9.17, 15) is 13.2 Å². The Morgan fingerprint density at radius 1 is 1.04 bits per heavy atom. The molecule has 0 amide bonds. The molecule has 0 fully saturated rings. The summed E-state index contributed by atoms with van der Waals surface area (Å²) in [5, 5.41) is 5.11. The minimum Gasteiger partial charge on any atom is -0.298 e. The van der Waals surface area contributed by atoms with E-state index in [1.807, 2.05) is 20.8 Å². The number of nitrogens with zero attached hydrogens (tertiary/aromatic N) is 1. The maximum absolute atomic E-state index is 12.4. The molecule has 1 aromatic carbocycles. The van der Waals surface area contributed by atoms with Crippen LogP contribution < -0.4 is 5.14 Å². The van der Waals surface area contributed by atoms with Crippen molar-refractivity contribution >= 4 is 15.8 Å². The Bertz CT molecular complexity index is 666. The SMILES string of the molecule is CC(C)(C)C(=O)CN(CCc1ccc(S(N)(=O)=O)cc1)C(C)(C)C. The van der Waals surface area contributed by atoms with Gasteiger partial charge in [-0.15, -0.1) is 0 Å². The molecule has 0 atom stereocenters. The highest BCUT2D eigenvalue weighted by Gasteiger charge is 2.28. The molecule has 0 aromatic heterocycles. The highest BCUT2D eigenvalue weighted by molar-refractivity contribution is 7.89. The van der Waals surface area contributed by atoms with Crippen molar-refractivity contribution in [3.8, 4) is 0 Å². The van der Waals surface area contributed by atoms with E-state index in [1.54, 1.807) is 12.1 Å². The minimum atomic E-state index is -3.66. The molecule has 6 heteroatoms. The second kappa shape index (κ2) is 7.33. The van der Waals surface area contributed by atoms with Gasteiger partial charge in [-0.05, 0) is 44.9 Å². The number of ketones is 1. The van der Waals surface area contributed by atoms with E-state index in [-0.39, 0.29) is 21.6 Å². The number of hydrogen-bond donors (Lipinski definition) is 1. The van der Waals surface area contributed by atoms with Crippen LogP contribution in [0.1, 0.15) is 47.1 Å². The van der Waals surface area contributed by atoms with Crippen LogP contribution in [0.5, 0.6) is 0 Å². The van der Waals surface area contributed by atoms with Crippen LogP contribution in [0, 0.1) is 5.41 Å². The first kappa shape index (κ1) is 20.8. The van der Waals surface area contributed by atoms with Crippen LogP contribution in [0.15, 0.2) is 29.2 Å². The lowest BCUT2D eigenvalue weighted by atomic mass is 9.89. The number of rotatable bonds is 6. The molecule has 0 spiro atoms. The first-order chi connectivity index (χ1) is 10.7. The Balaban J connectivity index is 2.81. The number of carbonyl (C=O) groups is 1. The lowest BCUT2D eigenvalue weighted by Gasteiger charge is -2.36. The van der Waals surface area contributed by atoms with Crippen molar-refractivity contribution < 1.29 is 13.2 Å². The van der Waals surface area contributed by atoms with Crippen molar-refractivity contribution in [2.45, 2.75) is 58.4 Å². The fraction of sp³-hybridized carbons (Fsp3) is 0.611. The second-order valence-electron chi connectivity index (χ2n) is 8.20. The number of nitrogens with two attached hydrogens (primary N) is 1. The Morgan fingerprint density at radius 2 is 1.54 bits per heavy atom. The van der Waals surface area contributed by atoms with E-state index in [0.29, 0.717) is 6.54 Å². The molecule has 0 saturated heterocycles. The second-order valence-corrected chi connectivity index (χ2v) is 9.77. The maximum atomic E-state index is 12.4. The average molecular weight is 355 g/mol. The molecular formula is C18H30N2O3S. The van der Waals surface area contributed by atoms with Crippen LogP contribution in [-0.2, 0) is 21.2 Å². The monoisotopic (exact) mass is 354 g/mol. The van der Waals surface area contributed by atoms with E-state index in [0.717, 1.165) is 18.5 Å². The Labute approximate surface area is 146 Å². The molecule has 0 saturated carbocycles. The van der Waals surface area contributed by atoms with Gasteiger partial charge < -0.3 is 0 Å². The predicted octanol–water partition coefficient (Wildman–Crippen LogP) is 2.59. The fourth-order valence-corrected chi connectivity index (χ4v) is 2.69. The zero-order valence-corrected chi connectivity index (χ0v) is 16.4. The predicted molar refractivity (Wildman–Crippen MR) is 97.3 cm³/mol. The van der Waals surface area contributed by atoms with Crippen molar-refractivity contribution in [2.24, 2.45) is 10.6 Å². The average Bonchev–Trinajstić information content (AvgIpc) is 2.40. The lowest BCUT2D eigenvalue weighted by Crippen LogP contribution is -2.47. The van der Waals surface area contributed by atoms with Gasteiger partial charge in [0.25, 0.3) is 0 Å². The molecular weight excluding hydrogens is 324 g/mol. The van der Waals surface area contributed by atoms with Gasteiger partial charge in [0, 0.05) is 17.5 Å². The van der Waals surface area contributed by atoms with Crippen molar-refractivity contribution in [3.63, 3.8) is 0 Å². The molecule has 0 heterocycles. The molecule has 24 heavy (non-hydrogen) atoms. The molecule has 0 aliphatic heterocycles. The van der Waals surface area contributed by atoms with Gasteiger partial charge in [0.15, 0.2) is 5.78 Å². The minimum absolute atomic E-state index is 0.113. The van der Waals surface area contributed by atoms with Crippen LogP contribution in [0.2, 0.25) is 0 Å². The fourth-order valence-electron chi connectivity index (χ4n) is 2.17. The summed E-state index contributed by atoms with van der Waals surface area (Å²) in [5.41, 5.74) is 0.530. The first-order valence-corrected chi connectivity index (χ1v) is 9.66. The molecule has 5 nitrogen and oxygen atoms in total. The molecule has 0 unspecified atom stereocenters. The zero-order valence-electron chi connectivity index (χ0n) is 15.6. The Morgan fingerprint density at radius 3 is 1.92 bits per heavy atom. The van der Waals surface area contributed by atoms with Crippen LogP contribution >= 0.6 is 0 Å². The number of primary sulfonamides is 1. The quantitative estimate of drug-likeness (QED) is 0.851. The third-order valence-corrected chi connectivity index (χ3v) is 4.97. The summed E-state index contributed by atoms with van der Waals surface area (Å²) in [6, 6.07) is 6.58. The smallest absolute Gasteiger partial charge is 0.238 e. The number of Topliss-reactive ketones (excluding diaryl/α,β-unsaturated/α-hetero) is 1. The van der Waals surface area contributed by atoms with Crippen molar-refractivity contribution in [1.82, 2.24) is 4.90 Å². The summed E-state index contributed by atoms with van der Waals surface area (Å²) in [5.74, 6) is 0.210. The summed E-state index contributed by atoms with van der Waals surface area (Å²) in [4.78, 5) is 14.6. The van der Waals surface area contributed by atoms with Crippen molar-refractivity contribution in [1.29, 1.82) is 0 Å². The van der Waals surface area contributed by atoms with Gasteiger partial charge in [0.05, 0.1) is 11.4 Å². The van der Waals surface area contributed by atoms with Gasteiger partial charge in [-0.1, -0.05) is 32.9 Å². The molecule has 0 bridgehead atoms. The van der Waals surface area contributed by atoms with Crippen molar-refractivity contribution in [3.05, 3.63) is 29.8 Å². The highest BCUT2D eigenvalue weighted by atomic mass is 32.2. The van der Waals surface area contributed by atoms with Crippen LogP contribution in [0.4, 0.5) is 0 Å². The van der Waals surface area contributed by atoms with E-state index in [1.165, 1.54) is 12.1 Å². The van der Waals surface area contributed by atoms with Crippen molar-refractivity contribution in [2.75, 3.05) is 13.1 Å². The molecule has 0 radical (unpaired) electrons. The number of sulfonamides is 1. The van der Waals surface area contributed by atoms with Crippen LogP contribution in [0.3, 0.4) is 0 Å². The number of benzene rings is 1. The van der Waals surface area contributed by atoms with Gasteiger partial charge in [-0.3, -0.25) is 9.69 Å². The largest absolute Gasteiger partial charge is 0.298 e. The summed E-state index contributed by atoms with van der Waals surface area (Å²) in [6.45, 7) is 13.2. The molecule has 136 valence electrons. The van der Waals surface area contributed by atoms with Gasteiger partial charge in [-0.25, -0.2) is 13.6 Å². The summed E-state index contributed by atoms with van der Waals surface area (Å²) in [7, 11) is -3.66. The van der Waals surface area contributed by atoms with E-state index in [4.69, 9.17) is 5.14 Å². The summed E-state index contributed by atoms with van der Waals surface area (Å²) < 4.78 is 22.6. The number of carbonyl (C=O) groups excluding carboxylic acids is 1. The zero-order chi connectivity index (χ0) is 18.8. The van der Waals surface area contributed by atoms with Gasteiger partial charge in [0.1, 0.15) is 0 Å². The van der Waals surface area contributed by atoms with E-state index >= 15 is 0 Å². The Hall–Kier alpha value is -1.24. The summed E-state index contributed by atoms with van der Waals surface area (Å²) in [6.07, 6.45) is 0.736. The molecule has 2 N–H and O–H groups in total. The molecule has 0 aliphatic rings. The number of hydrogen-bond acceptors (Lipinski definition) is 4. The van der Waals surface area contributed by atoms with Gasteiger partial charge in [0.2, 0.25) is 10.0 Å². The third-order valence-electron chi connectivity index (χ3n) is 4.04. The molecule has 0 aliphatic carbocycles. The summed E-state index contributed by atoms with van der Waals surface area (Å²) >= 11 is 0. The topological polar surface area (TPSA) is 80.5 Å². The third kappa shape index (κ3) is 6.34. The first-order valence-electron chi connectivity index (χ1n) is 8.11. The highest BCUT2D eigenvalue weighted by Crippen LogP contribution is 2.20. The van der Waals surface area contributed by atoms with E-state index < -0.39 is 10.0 Å². The van der Waals surface area contributed by atoms with E-state index in [2.05, 4.69) is 25.7 Å².